The standard InChI is InChI=1S/C26H28N2O6S/c1-17-4-5-18(2)23(16-17)35(31,32)34-22-8-6-20(7-9-22)26(30)28-13-10-21(11-14-28)27-25(29)24-19(3)12-15-33-24/h4-9,12,15-16,21H,10-11,13-14H2,1-3H3,(H,27,29). The molecule has 1 aliphatic rings. The lowest BCUT2D eigenvalue weighted by Gasteiger charge is -2.32. The summed E-state index contributed by atoms with van der Waals surface area (Å²) in [5.41, 5.74) is 2.64. The summed E-state index contributed by atoms with van der Waals surface area (Å²) in [5, 5.41) is 2.97. The first-order valence-corrected chi connectivity index (χ1v) is 12.8. The Kier molecular flexibility index (Phi) is 6.98. The second-order valence-corrected chi connectivity index (χ2v) is 10.3. The topological polar surface area (TPSA) is 106 Å². The maximum absolute atomic E-state index is 12.9. The minimum atomic E-state index is -3.99. The first-order chi connectivity index (χ1) is 16.6. The molecule has 0 spiro atoms. The minimum Gasteiger partial charge on any atom is -0.459 e. The van der Waals surface area contributed by atoms with E-state index in [1.807, 2.05) is 19.9 Å². The van der Waals surface area contributed by atoms with Gasteiger partial charge in [-0.15, -0.1) is 0 Å². The van der Waals surface area contributed by atoms with E-state index in [4.69, 9.17) is 8.60 Å². The summed E-state index contributed by atoms with van der Waals surface area (Å²) in [4.78, 5) is 27.1. The highest BCUT2D eigenvalue weighted by Crippen LogP contribution is 2.23. The van der Waals surface area contributed by atoms with Gasteiger partial charge in [-0.3, -0.25) is 9.59 Å². The molecule has 1 saturated heterocycles. The lowest BCUT2D eigenvalue weighted by atomic mass is 10.0. The van der Waals surface area contributed by atoms with E-state index < -0.39 is 10.1 Å². The smallest absolute Gasteiger partial charge is 0.339 e. The number of nitrogens with one attached hydrogen (secondary N) is 1. The van der Waals surface area contributed by atoms with Crippen LogP contribution in [0.15, 0.2) is 64.1 Å². The SMILES string of the molecule is Cc1ccc(C)c(S(=O)(=O)Oc2ccc(C(=O)N3CCC(NC(=O)c4occc4C)CC3)cc2)c1. The molecule has 1 aromatic heterocycles. The van der Waals surface area contributed by atoms with Crippen LogP contribution >= 0.6 is 0 Å². The Morgan fingerprint density at radius 3 is 2.29 bits per heavy atom. The van der Waals surface area contributed by atoms with Crippen LogP contribution in [0, 0.1) is 20.8 Å². The molecule has 0 saturated carbocycles. The summed E-state index contributed by atoms with van der Waals surface area (Å²) in [6.07, 6.45) is 2.75. The maximum Gasteiger partial charge on any atom is 0.339 e. The molecule has 1 aliphatic heterocycles. The number of aryl methyl sites for hydroxylation is 3. The van der Waals surface area contributed by atoms with Crippen LogP contribution in [0.3, 0.4) is 0 Å². The molecule has 0 atom stereocenters. The van der Waals surface area contributed by atoms with Crippen LogP contribution in [0.25, 0.3) is 0 Å². The Balaban J connectivity index is 1.34. The Morgan fingerprint density at radius 1 is 0.971 bits per heavy atom. The predicted octanol–water partition coefficient (Wildman–Crippen LogP) is 4.01. The van der Waals surface area contributed by atoms with Gasteiger partial charge in [-0.2, -0.15) is 8.42 Å². The van der Waals surface area contributed by atoms with Crippen LogP contribution in [0.2, 0.25) is 0 Å². The van der Waals surface area contributed by atoms with Gasteiger partial charge in [0, 0.05) is 30.3 Å². The van der Waals surface area contributed by atoms with Gasteiger partial charge in [0.1, 0.15) is 10.6 Å². The van der Waals surface area contributed by atoms with Gasteiger partial charge >= 0.3 is 10.1 Å². The van der Waals surface area contributed by atoms with Gasteiger partial charge in [0.25, 0.3) is 11.8 Å². The van der Waals surface area contributed by atoms with E-state index in [0.29, 0.717) is 42.8 Å². The fourth-order valence-corrected chi connectivity index (χ4v) is 5.31. The highest BCUT2D eigenvalue weighted by Gasteiger charge is 2.26. The summed E-state index contributed by atoms with van der Waals surface area (Å²) < 4.78 is 35.9. The molecule has 4 rings (SSSR count). The van der Waals surface area contributed by atoms with Crippen molar-refractivity contribution in [2.24, 2.45) is 0 Å². The van der Waals surface area contributed by atoms with Crippen molar-refractivity contribution >= 4 is 21.9 Å². The zero-order valence-electron chi connectivity index (χ0n) is 19.9. The second kappa shape index (κ2) is 9.95. The number of hydrogen-bond acceptors (Lipinski definition) is 6. The molecule has 2 amide bonds. The molecule has 1 fully saturated rings. The molecule has 2 aromatic carbocycles. The molecule has 3 aromatic rings. The number of furan rings is 1. The summed E-state index contributed by atoms with van der Waals surface area (Å²) in [6.45, 7) is 6.34. The van der Waals surface area contributed by atoms with Gasteiger partial charge < -0.3 is 18.8 Å². The number of carbonyl (C=O) groups is 2. The normalized spacial score (nSPS) is 14.5. The van der Waals surface area contributed by atoms with E-state index in [1.54, 1.807) is 42.2 Å². The lowest BCUT2D eigenvalue weighted by molar-refractivity contribution is 0.0695. The third kappa shape index (κ3) is 5.57. The van der Waals surface area contributed by atoms with E-state index in [9.17, 15) is 18.0 Å². The van der Waals surface area contributed by atoms with E-state index in [-0.39, 0.29) is 28.5 Å². The molecule has 1 N–H and O–H groups in total. The van der Waals surface area contributed by atoms with Gasteiger partial charge in [0.05, 0.1) is 6.26 Å². The van der Waals surface area contributed by atoms with Gasteiger partial charge in [-0.1, -0.05) is 12.1 Å². The van der Waals surface area contributed by atoms with Crippen LogP contribution < -0.4 is 9.50 Å². The zero-order valence-corrected chi connectivity index (χ0v) is 20.7. The average Bonchev–Trinajstić information content (AvgIpc) is 3.27. The molecular weight excluding hydrogens is 468 g/mol. The number of piperidine rings is 1. The van der Waals surface area contributed by atoms with Gasteiger partial charge in [-0.25, -0.2) is 0 Å². The van der Waals surface area contributed by atoms with Crippen molar-refractivity contribution in [3.8, 4) is 5.75 Å². The maximum atomic E-state index is 12.9. The van der Waals surface area contributed by atoms with Crippen LogP contribution in [-0.2, 0) is 10.1 Å². The van der Waals surface area contributed by atoms with E-state index in [2.05, 4.69) is 5.32 Å². The fraction of sp³-hybridized carbons (Fsp3) is 0.308. The van der Waals surface area contributed by atoms with Crippen molar-refractivity contribution in [1.29, 1.82) is 0 Å². The summed E-state index contributed by atoms with van der Waals surface area (Å²) in [6, 6.07) is 12.9. The van der Waals surface area contributed by atoms with Crippen molar-refractivity contribution in [3.05, 3.63) is 82.8 Å². The minimum absolute atomic E-state index is 0.0397. The molecule has 0 bridgehead atoms. The molecule has 8 nitrogen and oxygen atoms in total. The van der Waals surface area contributed by atoms with Crippen LogP contribution in [0.5, 0.6) is 5.75 Å². The van der Waals surface area contributed by atoms with Crippen molar-refractivity contribution in [1.82, 2.24) is 10.2 Å². The van der Waals surface area contributed by atoms with Crippen LogP contribution in [0.1, 0.15) is 50.4 Å². The van der Waals surface area contributed by atoms with Crippen molar-refractivity contribution in [2.45, 2.75) is 44.6 Å². The molecule has 0 unspecified atom stereocenters. The third-order valence-electron chi connectivity index (χ3n) is 6.11. The number of carbonyl (C=O) groups excluding carboxylic acids is 2. The Labute approximate surface area is 205 Å². The molecular formula is C26H28N2O6S. The monoisotopic (exact) mass is 496 g/mol. The fourth-order valence-electron chi connectivity index (χ4n) is 4.07. The number of amides is 2. The number of rotatable bonds is 6. The van der Waals surface area contributed by atoms with Crippen molar-refractivity contribution in [2.75, 3.05) is 13.1 Å². The number of nitrogens with zero attached hydrogens (tertiary/aromatic N) is 1. The van der Waals surface area contributed by atoms with Gasteiger partial charge in [0.15, 0.2) is 5.76 Å². The first-order valence-electron chi connectivity index (χ1n) is 11.4. The zero-order chi connectivity index (χ0) is 25.2. The number of likely N-dealkylation sites (tertiary alicyclic amines) is 1. The van der Waals surface area contributed by atoms with Crippen LogP contribution in [-0.4, -0.2) is 44.3 Å². The molecule has 9 heteroatoms. The molecule has 184 valence electrons. The number of hydrogen-bond donors (Lipinski definition) is 1. The molecule has 0 aliphatic carbocycles. The van der Waals surface area contributed by atoms with Crippen molar-refractivity contribution < 1.29 is 26.6 Å². The highest BCUT2D eigenvalue weighted by molar-refractivity contribution is 7.87. The predicted molar refractivity (Wildman–Crippen MR) is 130 cm³/mol. The second-order valence-electron chi connectivity index (χ2n) is 8.80. The quantitative estimate of drug-likeness (QED) is 0.517. The van der Waals surface area contributed by atoms with Crippen molar-refractivity contribution in [3.63, 3.8) is 0 Å². The van der Waals surface area contributed by atoms with E-state index in [0.717, 1.165) is 11.1 Å². The summed E-state index contributed by atoms with van der Waals surface area (Å²) in [5.74, 6) is 0.0479. The summed E-state index contributed by atoms with van der Waals surface area (Å²) in [7, 11) is -3.99. The Morgan fingerprint density at radius 2 is 1.66 bits per heavy atom. The van der Waals surface area contributed by atoms with E-state index in [1.165, 1.54) is 18.4 Å². The lowest BCUT2D eigenvalue weighted by Crippen LogP contribution is -2.46. The van der Waals surface area contributed by atoms with Gasteiger partial charge in [-0.05, 0) is 81.1 Å². The number of benzene rings is 2. The molecule has 0 radical (unpaired) electrons. The summed E-state index contributed by atoms with van der Waals surface area (Å²) >= 11 is 0. The molecule has 35 heavy (non-hydrogen) atoms. The van der Waals surface area contributed by atoms with E-state index >= 15 is 0 Å². The highest BCUT2D eigenvalue weighted by atomic mass is 32.2. The van der Waals surface area contributed by atoms with Gasteiger partial charge in [0.2, 0.25) is 0 Å². The van der Waals surface area contributed by atoms with Crippen LogP contribution in [0.4, 0.5) is 0 Å². The Hall–Kier alpha value is -3.59. The Bertz CT molecular complexity index is 1340. The third-order valence-corrected chi connectivity index (χ3v) is 7.50. The first kappa shape index (κ1) is 24.5. The largest absolute Gasteiger partial charge is 0.459 e. The molecule has 2 heterocycles. The average molecular weight is 497 g/mol.